The zero-order valence-electron chi connectivity index (χ0n) is 19.1. The van der Waals surface area contributed by atoms with E-state index in [9.17, 15) is 9.59 Å². The summed E-state index contributed by atoms with van der Waals surface area (Å²) in [6.45, 7) is 0. The normalized spacial score (nSPS) is 14.6. The van der Waals surface area contributed by atoms with E-state index in [1.54, 1.807) is 42.6 Å². The van der Waals surface area contributed by atoms with Crippen LogP contribution in [-0.2, 0) is 9.59 Å². The number of carbonyl (C=O) groups excluding carboxylic acids is 2. The monoisotopic (exact) mass is 587 g/mol. The highest BCUT2D eigenvalue weighted by Crippen LogP contribution is 2.32. The highest BCUT2D eigenvalue weighted by Gasteiger charge is 2.34. The van der Waals surface area contributed by atoms with Crippen LogP contribution in [0.3, 0.4) is 0 Å². The molecule has 37 heavy (non-hydrogen) atoms. The summed E-state index contributed by atoms with van der Waals surface area (Å²) >= 11 is 10.2. The second-order valence-electron chi connectivity index (χ2n) is 7.82. The smallest absolute Gasteiger partial charge is 0.270 e. The van der Waals surface area contributed by atoms with Gasteiger partial charge in [0.2, 0.25) is 0 Å². The number of anilines is 1. The average molecular weight is 589 g/mol. The minimum atomic E-state index is -0.557. The molecule has 0 saturated carbocycles. The number of hydrogen-bond donors (Lipinski definition) is 1. The molecule has 1 aliphatic rings. The molecule has 1 saturated heterocycles. The zero-order chi connectivity index (χ0) is 25.8. The van der Waals surface area contributed by atoms with Crippen molar-refractivity contribution >= 4 is 68.6 Å². The number of nitrogens with one attached hydrogen (secondary N) is 1. The highest BCUT2D eigenvalue weighted by molar-refractivity contribution is 9.10. The van der Waals surface area contributed by atoms with Crippen LogP contribution < -0.4 is 15.0 Å². The lowest BCUT2D eigenvalue weighted by atomic mass is 10.1. The van der Waals surface area contributed by atoms with E-state index in [2.05, 4.69) is 26.2 Å². The van der Waals surface area contributed by atoms with Gasteiger partial charge in [-0.1, -0.05) is 52.0 Å². The van der Waals surface area contributed by atoms with E-state index in [0.717, 1.165) is 9.37 Å². The molecule has 1 aromatic heterocycles. The number of amides is 2. The first kappa shape index (κ1) is 24.9. The molecule has 1 N–H and O–H groups in total. The van der Waals surface area contributed by atoms with Crippen molar-refractivity contribution in [2.75, 3.05) is 4.90 Å². The van der Waals surface area contributed by atoms with Gasteiger partial charge in [-0.15, -0.1) is 0 Å². The van der Waals surface area contributed by atoms with E-state index in [-0.39, 0.29) is 10.7 Å². The van der Waals surface area contributed by atoms with Crippen LogP contribution in [0, 0.1) is 0 Å². The van der Waals surface area contributed by atoms with E-state index in [1.807, 2.05) is 60.7 Å². The first-order chi connectivity index (χ1) is 18.0. The van der Waals surface area contributed by atoms with Crippen molar-refractivity contribution in [1.29, 1.82) is 0 Å². The zero-order valence-corrected chi connectivity index (χ0v) is 22.3. The van der Waals surface area contributed by atoms with Gasteiger partial charge < -0.3 is 4.74 Å². The molecule has 0 spiro atoms. The maximum Gasteiger partial charge on any atom is 0.270 e. The summed E-state index contributed by atoms with van der Waals surface area (Å²) in [6, 6.07) is 27.7. The van der Waals surface area contributed by atoms with Crippen molar-refractivity contribution in [2.24, 2.45) is 0 Å². The Morgan fingerprint density at radius 3 is 2.32 bits per heavy atom. The third-order valence-corrected chi connectivity index (χ3v) is 7.16. The number of pyridine rings is 1. The summed E-state index contributed by atoms with van der Waals surface area (Å²) in [6.07, 6.45) is 3.22. The number of thiocarbonyl (C=S) groups is 1. The fourth-order valence-corrected chi connectivity index (χ4v) is 4.95. The van der Waals surface area contributed by atoms with Crippen molar-refractivity contribution in [3.63, 3.8) is 0 Å². The van der Waals surface area contributed by atoms with Gasteiger partial charge in [0.05, 0.1) is 5.69 Å². The van der Waals surface area contributed by atoms with Crippen LogP contribution in [0.25, 0.3) is 6.08 Å². The van der Waals surface area contributed by atoms with Gasteiger partial charge in [-0.3, -0.25) is 19.8 Å². The third kappa shape index (κ3) is 5.80. The summed E-state index contributed by atoms with van der Waals surface area (Å²) < 4.78 is 6.80. The van der Waals surface area contributed by atoms with Gasteiger partial charge in [-0.05, 0) is 85.0 Å². The number of benzene rings is 3. The Hall–Kier alpha value is -3.79. The molecule has 5 rings (SSSR count). The largest absolute Gasteiger partial charge is 0.457 e. The van der Waals surface area contributed by atoms with Crippen LogP contribution in [0.15, 0.2) is 117 Å². The lowest BCUT2D eigenvalue weighted by molar-refractivity contribution is -0.122. The van der Waals surface area contributed by atoms with Crippen molar-refractivity contribution in [2.45, 2.75) is 9.92 Å². The van der Waals surface area contributed by atoms with Crippen molar-refractivity contribution in [3.05, 3.63) is 113 Å². The molecule has 0 aliphatic carbocycles. The molecule has 0 radical (unpaired) electrons. The molecule has 2 amide bonds. The Kier molecular flexibility index (Phi) is 7.45. The average Bonchev–Trinajstić information content (AvgIpc) is 2.90. The van der Waals surface area contributed by atoms with Gasteiger partial charge >= 0.3 is 0 Å². The van der Waals surface area contributed by atoms with Crippen molar-refractivity contribution in [3.8, 4) is 11.5 Å². The molecule has 182 valence electrons. The van der Waals surface area contributed by atoms with Crippen LogP contribution in [0.4, 0.5) is 5.69 Å². The maximum atomic E-state index is 13.5. The Bertz CT molecular complexity index is 1510. The SMILES string of the molecule is O=C1NC(=S)N(c2ccc(Oc3ccccc3)cc2)C(=O)C1=Cc1cccnc1Sc1ccc(Br)cc1. The van der Waals surface area contributed by atoms with Gasteiger partial charge in [0.1, 0.15) is 22.1 Å². The van der Waals surface area contributed by atoms with E-state index < -0.39 is 11.8 Å². The molecular formula is C28H18BrN3O3S2. The topological polar surface area (TPSA) is 71.5 Å². The number of nitrogens with zero attached hydrogens (tertiary/aromatic N) is 2. The quantitative estimate of drug-likeness (QED) is 0.155. The Morgan fingerprint density at radius 1 is 0.892 bits per heavy atom. The Morgan fingerprint density at radius 2 is 1.59 bits per heavy atom. The van der Waals surface area contributed by atoms with E-state index in [0.29, 0.717) is 27.8 Å². The second kappa shape index (κ2) is 11.1. The molecule has 6 nitrogen and oxygen atoms in total. The fraction of sp³-hybridized carbons (Fsp3) is 0. The number of ether oxygens (including phenoxy) is 1. The van der Waals surface area contributed by atoms with Crippen molar-refractivity contribution in [1.82, 2.24) is 10.3 Å². The summed E-state index contributed by atoms with van der Waals surface area (Å²) in [5.41, 5.74) is 1.12. The van der Waals surface area contributed by atoms with Gasteiger partial charge in [0.15, 0.2) is 5.11 Å². The molecule has 1 fully saturated rings. The van der Waals surface area contributed by atoms with Crippen LogP contribution in [0.1, 0.15) is 5.56 Å². The molecular weight excluding hydrogens is 570 g/mol. The predicted octanol–water partition coefficient (Wildman–Crippen LogP) is 6.62. The fourth-order valence-electron chi connectivity index (χ4n) is 3.55. The third-order valence-electron chi connectivity index (χ3n) is 5.30. The summed E-state index contributed by atoms with van der Waals surface area (Å²) in [7, 11) is 0. The number of hydrogen-bond acceptors (Lipinski definition) is 6. The number of halogens is 1. The molecule has 0 unspecified atom stereocenters. The molecule has 0 atom stereocenters. The Balaban J connectivity index is 1.41. The lowest BCUT2D eigenvalue weighted by Gasteiger charge is -2.29. The van der Waals surface area contributed by atoms with Crippen LogP contribution in [0.2, 0.25) is 0 Å². The molecule has 3 aromatic carbocycles. The highest BCUT2D eigenvalue weighted by atomic mass is 79.9. The molecule has 2 heterocycles. The van der Waals surface area contributed by atoms with E-state index in [1.165, 1.54) is 16.7 Å². The Labute approximate surface area is 231 Å². The lowest BCUT2D eigenvalue weighted by Crippen LogP contribution is -2.54. The standard InChI is InChI=1S/C28H18BrN3O3S2/c29-19-8-14-23(15-9-19)37-26-18(5-4-16-30-26)17-24-25(33)31-28(36)32(27(24)34)20-10-12-22(13-11-20)35-21-6-2-1-3-7-21/h1-17H,(H,31,33,36). The van der Waals surface area contributed by atoms with Crippen LogP contribution in [-0.4, -0.2) is 21.9 Å². The van der Waals surface area contributed by atoms with Gasteiger partial charge in [0, 0.05) is 21.1 Å². The number of carbonyl (C=O) groups is 2. The predicted molar refractivity (Wildman–Crippen MR) is 152 cm³/mol. The molecule has 0 bridgehead atoms. The van der Waals surface area contributed by atoms with E-state index in [4.69, 9.17) is 17.0 Å². The van der Waals surface area contributed by atoms with Gasteiger partial charge in [-0.25, -0.2) is 4.98 Å². The molecule has 1 aliphatic heterocycles. The maximum absolute atomic E-state index is 13.5. The number of rotatable bonds is 6. The van der Waals surface area contributed by atoms with Crippen molar-refractivity contribution < 1.29 is 14.3 Å². The summed E-state index contributed by atoms with van der Waals surface area (Å²) in [5.74, 6) is 0.230. The van der Waals surface area contributed by atoms with Gasteiger partial charge in [0.25, 0.3) is 11.8 Å². The van der Waals surface area contributed by atoms with Gasteiger partial charge in [-0.2, -0.15) is 0 Å². The van der Waals surface area contributed by atoms with Crippen LogP contribution in [0.5, 0.6) is 11.5 Å². The first-order valence-corrected chi connectivity index (χ1v) is 13.1. The second-order valence-corrected chi connectivity index (χ2v) is 10.2. The minimum Gasteiger partial charge on any atom is -0.457 e. The molecule has 9 heteroatoms. The summed E-state index contributed by atoms with van der Waals surface area (Å²) in [5, 5.41) is 3.30. The minimum absolute atomic E-state index is 0.0134. The number of aromatic nitrogens is 1. The van der Waals surface area contributed by atoms with E-state index >= 15 is 0 Å². The molecule has 4 aromatic rings. The van der Waals surface area contributed by atoms with Crippen LogP contribution >= 0.6 is 39.9 Å². The number of para-hydroxylation sites is 1. The summed E-state index contributed by atoms with van der Waals surface area (Å²) in [4.78, 5) is 33.0. The first-order valence-electron chi connectivity index (χ1n) is 11.1.